The average Bonchev–Trinajstić information content (AvgIpc) is 3.16. The van der Waals surface area contributed by atoms with Crippen molar-refractivity contribution in [3.8, 4) is 0 Å². The van der Waals surface area contributed by atoms with E-state index in [9.17, 15) is 4.79 Å². The lowest BCUT2D eigenvalue weighted by Crippen LogP contribution is -2.87. The zero-order valence-electron chi connectivity index (χ0n) is 14.1. The molecule has 1 atom stereocenters. The smallest absolute Gasteiger partial charge is 0.275 e. The zero-order valence-corrected chi connectivity index (χ0v) is 14.1. The Hall–Kier alpha value is -2.07. The number of rotatable bonds is 7. The Bertz CT molecular complexity index is 604. The highest BCUT2D eigenvalue weighted by molar-refractivity contribution is 5.76. The second-order valence-corrected chi connectivity index (χ2v) is 6.65. The molecule has 0 spiro atoms. The Balaban J connectivity index is 1.52. The van der Waals surface area contributed by atoms with Crippen LogP contribution in [0, 0.1) is 5.92 Å². The third-order valence-corrected chi connectivity index (χ3v) is 4.86. The van der Waals surface area contributed by atoms with E-state index in [0.717, 1.165) is 17.9 Å². The lowest BCUT2D eigenvalue weighted by atomic mass is 9.89. The van der Waals surface area contributed by atoms with Gasteiger partial charge in [0.25, 0.3) is 5.91 Å². The molecule has 3 N–H and O–H groups in total. The first-order chi connectivity index (χ1) is 11.8. The molecule has 4 heteroatoms. The van der Waals surface area contributed by atoms with Gasteiger partial charge in [-0.15, -0.1) is 0 Å². The van der Waals surface area contributed by atoms with E-state index in [1.165, 1.54) is 32.1 Å². The second-order valence-electron chi connectivity index (χ2n) is 6.65. The van der Waals surface area contributed by atoms with E-state index in [-0.39, 0.29) is 11.9 Å². The summed E-state index contributed by atoms with van der Waals surface area (Å²) in [6.07, 6.45) is 8.15. The van der Waals surface area contributed by atoms with E-state index in [4.69, 9.17) is 4.42 Å². The quantitative estimate of drug-likeness (QED) is 0.821. The van der Waals surface area contributed by atoms with Crippen LogP contribution < -0.4 is 10.6 Å². The van der Waals surface area contributed by atoms with Gasteiger partial charge in [-0.1, -0.05) is 49.6 Å². The Labute approximate surface area is 143 Å². The molecule has 4 nitrogen and oxygen atoms in total. The van der Waals surface area contributed by atoms with Gasteiger partial charge in [-0.25, -0.2) is 0 Å². The summed E-state index contributed by atoms with van der Waals surface area (Å²) >= 11 is 0. The van der Waals surface area contributed by atoms with E-state index < -0.39 is 0 Å². The minimum absolute atomic E-state index is 0.0154. The third kappa shape index (κ3) is 4.71. The minimum Gasteiger partial charge on any atom is -0.463 e. The van der Waals surface area contributed by atoms with Gasteiger partial charge in [0.1, 0.15) is 0 Å². The van der Waals surface area contributed by atoms with Gasteiger partial charge in [0, 0.05) is 12.1 Å². The maximum atomic E-state index is 12.2. The number of hydrogen-bond acceptors (Lipinski definition) is 2. The van der Waals surface area contributed by atoms with Crippen molar-refractivity contribution in [2.24, 2.45) is 5.92 Å². The molecule has 1 aromatic heterocycles. The van der Waals surface area contributed by atoms with Crippen LogP contribution in [0.5, 0.6) is 0 Å². The van der Waals surface area contributed by atoms with Crippen molar-refractivity contribution in [2.45, 2.75) is 38.1 Å². The standard InChI is InChI=1S/C20H26N2O2/c23-19(21-14-16-8-3-1-4-9-16)15-22-20(18-12-7-13-24-18)17-10-5-2-6-11-17/h2,5-7,10-13,16,20,22H,1,3-4,8-9,14-15H2,(H,21,23)/p+1/t20-/m0/s1. The lowest BCUT2D eigenvalue weighted by Gasteiger charge is -2.21. The van der Waals surface area contributed by atoms with Gasteiger partial charge in [-0.05, 0) is 30.9 Å². The van der Waals surface area contributed by atoms with Gasteiger partial charge >= 0.3 is 0 Å². The van der Waals surface area contributed by atoms with Crippen molar-refractivity contribution in [1.82, 2.24) is 5.32 Å². The van der Waals surface area contributed by atoms with Crippen LogP contribution in [0.1, 0.15) is 49.5 Å². The number of benzene rings is 1. The SMILES string of the molecule is O=C(C[NH2+][C@@H](c1ccccc1)c1ccco1)NCC1CCCCC1. The summed E-state index contributed by atoms with van der Waals surface area (Å²) in [4.78, 5) is 12.2. The fourth-order valence-electron chi connectivity index (χ4n) is 3.49. The molecular formula is C20H27N2O2+. The topological polar surface area (TPSA) is 58.9 Å². The lowest BCUT2D eigenvalue weighted by molar-refractivity contribution is -0.678. The van der Waals surface area contributed by atoms with Gasteiger partial charge in [-0.2, -0.15) is 0 Å². The number of nitrogens with one attached hydrogen (secondary N) is 1. The molecule has 0 saturated heterocycles. The zero-order chi connectivity index (χ0) is 16.6. The molecule has 0 aliphatic heterocycles. The molecule has 0 unspecified atom stereocenters. The van der Waals surface area contributed by atoms with Crippen LogP contribution in [-0.2, 0) is 4.79 Å². The van der Waals surface area contributed by atoms with Crippen molar-refractivity contribution < 1.29 is 14.5 Å². The predicted octanol–water partition coefficient (Wildman–Crippen LogP) is 2.63. The molecule has 2 aromatic rings. The van der Waals surface area contributed by atoms with Crippen molar-refractivity contribution in [2.75, 3.05) is 13.1 Å². The Morgan fingerprint density at radius 3 is 2.62 bits per heavy atom. The molecule has 1 aromatic carbocycles. The summed E-state index contributed by atoms with van der Waals surface area (Å²) in [6, 6.07) is 14.1. The minimum atomic E-state index is 0.0154. The molecule has 1 amide bonds. The Morgan fingerprint density at radius 2 is 1.92 bits per heavy atom. The summed E-state index contributed by atoms with van der Waals surface area (Å²) in [6.45, 7) is 1.23. The van der Waals surface area contributed by atoms with Crippen molar-refractivity contribution in [1.29, 1.82) is 0 Å². The largest absolute Gasteiger partial charge is 0.463 e. The fourth-order valence-corrected chi connectivity index (χ4v) is 3.49. The maximum Gasteiger partial charge on any atom is 0.275 e. The number of carbonyl (C=O) groups is 1. The van der Waals surface area contributed by atoms with E-state index in [1.807, 2.05) is 35.6 Å². The molecular weight excluding hydrogens is 300 g/mol. The van der Waals surface area contributed by atoms with Gasteiger partial charge < -0.3 is 15.1 Å². The Morgan fingerprint density at radius 1 is 1.12 bits per heavy atom. The van der Waals surface area contributed by atoms with Gasteiger partial charge in [0.05, 0.1) is 6.26 Å². The van der Waals surface area contributed by atoms with Crippen LogP contribution in [0.25, 0.3) is 0 Å². The Kier molecular flexibility index (Phi) is 6.07. The molecule has 24 heavy (non-hydrogen) atoms. The number of carbonyl (C=O) groups excluding carboxylic acids is 1. The second kappa shape index (κ2) is 8.69. The van der Waals surface area contributed by atoms with Crippen molar-refractivity contribution >= 4 is 5.91 Å². The maximum absolute atomic E-state index is 12.2. The molecule has 128 valence electrons. The summed E-state index contributed by atoms with van der Waals surface area (Å²) in [5.41, 5.74) is 1.15. The number of amides is 1. The molecule has 1 heterocycles. The van der Waals surface area contributed by atoms with Crippen LogP contribution in [0.4, 0.5) is 0 Å². The number of hydrogen-bond donors (Lipinski definition) is 2. The first kappa shape index (κ1) is 16.8. The molecule has 0 bridgehead atoms. The van der Waals surface area contributed by atoms with Crippen molar-refractivity contribution in [3.05, 3.63) is 60.1 Å². The molecule has 1 aliphatic rings. The highest BCUT2D eigenvalue weighted by Gasteiger charge is 2.21. The molecule has 1 fully saturated rings. The van der Waals surface area contributed by atoms with Crippen LogP contribution in [0.2, 0.25) is 0 Å². The summed E-state index contributed by atoms with van der Waals surface area (Å²) in [7, 11) is 0. The van der Waals surface area contributed by atoms with E-state index in [2.05, 4.69) is 17.4 Å². The molecule has 1 saturated carbocycles. The first-order valence-corrected chi connectivity index (χ1v) is 9.01. The average molecular weight is 327 g/mol. The first-order valence-electron chi connectivity index (χ1n) is 9.01. The fraction of sp³-hybridized carbons (Fsp3) is 0.450. The van der Waals surface area contributed by atoms with Gasteiger partial charge in [-0.3, -0.25) is 4.79 Å². The van der Waals surface area contributed by atoms with Gasteiger partial charge in [0.15, 0.2) is 18.3 Å². The van der Waals surface area contributed by atoms with Crippen LogP contribution >= 0.6 is 0 Å². The van der Waals surface area contributed by atoms with Crippen molar-refractivity contribution in [3.63, 3.8) is 0 Å². The highest BCUT2D eigenvalue weighted by Crippen LogP contribution is 2.22. The monoisotopic (exact) mass is 327 g/mol. The number of nitrogens with two attached hydrogens (primary N) is 1. The van der Waals surface area contributed by atoms with Crippen LogP contribution in [0.3, 0.4) is 0 Å². The highest BCUT2D eigenvalue weighted by atomic mass is 16.3. The van der Waals surface area contributed by atoms with Gasteiger partial charge in [0.2, 0.25) is 0 Å². The summed E-state index contributed by atoms with van der Waals surface area (Å²) in [5.74, 6) is 1.65. The normalized spacial score (nSPS) is 16.7. The van der Waals surface area contributed by atoms with E-state index >= 15 is 0 Å². The summed E-state index contributed by atoms with van der Waals surface area (Å²) in [5, 5.41) is 5.15. The third-order valence-electron chi connectivity index (χ3n) is 4.86. The molecule has 0 radical (unpaired) electrons. The predicted molar refractivity (Wildman–Crippen MR) is 93.4 cm³/mol. The van der Waals surface area contributed by atoms with E-state index in [1.54, 1.807) is 6.26 Å². The summed E-state index contributed by atoms with van der Waals surface area (Å²) < 4.78 is 5.57. The number of quaternary nitrogens is 1. The number of furan rings is 1. The molecule has 3 rings (SSSR count). The van der Waals surface area contributed by atoms with E-state index in [0.29, 0.717) is 12.5 Å². The molecule has 1 aliphatic carbocycles. The van der Waals surface area contributed by atoms with Crippen LogP contribution in [0.15, 0.2) is 53.1 Å². The van der Waals surface area contributed by atoms with Crippen LogP contribution in [-0.4, -0.2) is 19.0 Å².